The fraction of sp³-hybridized carbons (Fsp3) is 0.471. The third-order valence-electron chi connectivity index (χ3n) is 3.82. The van der Waals surface area contributed by atoms with Crippen molar-refractivity contribution in [1.29, 1.82) is 0 Å². The Morgan fingerprint density at radius 1 is 1.32 bits per heavy atom. The lowest BCUT2D eigenvalue weighted by Gasteiger charge is -2.21. The van der Waals surface area contributed by atoms with E-state index in [-0.39, 0.29) is 5.91 Å². The highest BCUT2D eigenvalue weighted by atomic mass is 16.1. The minimum Gasteiger partial charge on any atom is -0.326 e. The van der Waals surface area contributed by atoms with Gasteiger partial charge in [-0.1, -0.05) is 44.1 Å². The highest BCUT2D eigenvalue weighted by Gasteiger charge is 2.14. The summed E-state index contributed by atoms with van der Waals surface area (Å²) < 4.78 is 0. The van der Waals surface area contributed by atoms with Gasteiger partial charge >= 0.3 is 0 Å². The van der Waals surface area contributed by atoms with Crippen LogP contribution >= 0.6 is 0 Å². The van der Waals surface area contributed by atoms with Crippen LogP contribution in [0.2, 0.25) is 0 Å². The van der Waals surface area contributed by atoms with Gasteiger partial charge < -0.3 is 5.32 Å². The number of benzene rings is 1. The van der Waals surface area contributed by atoms with Gasteiger partial charge in [0.25, 0.3) is 0 Å². The molecule has 1 amide bonds. The number of carbonyl (C=O) groups is 1. The molecule has 1 fully saturated rings. The fourth-order valence-electron chi connectivity index (χ4n) is 2.72. The molecule has 1 aliphatic rings. The Morgan fingerprint density at radius 2 is 2.11 bits per heavy atom. The molecule has 2 heteroatoms. The van der Waals surface area contributed by atoms with Crippen LogP contribution in [0.25, 0.3) is 0 Å². The minimum atomic E-state index is 0.0970. The van der Waals surface area contributed by atoms with Crippen molar-refractivity contribution in [2.75, 3.05) is 5.32 Å². The van der Waals surface area contributed by atoms with Crippen LogP contribution in [0, 0.1) is 18.3 Å². The molecule has 0 spiro atoms. The summed E-state index contributed by atoms with van der Waals surface area (Å²) in [6, 6.07) is 7.43. The second kappa shape index (κ2) is 6.99. The molecule has 0 saturated heterocycles. The van der Waals surface area contributed by atoms with E-state index in [0.717, 1.165) is 23.6 Å². The Morgan fingerprint density at radius 3 is 2.84 bits per heavy atom. The van der Waals surface area contributed by atoms with Gasteiger partial charge in [-0.2, -0.15) is 0 Å². The summed E-state index contributed by atoms with van der Waals surface area (Å²) in [7, 11) is 0. The number of terminal acetylenes is 1. The van der Waals surface area contributed by atoms with E-state index in [4.69, 9.17) is 6.42 Å². The van der Waals surface area contributed by atoms with Crippen molar-refractivity contribution < 1.29 is 4.79 Å². The predicted octanol–water partition coefficient (Wildman–Crippen LogP) is 3.97. The van der Waals surface area contributed by atoms with Crippen LogP contribution in [-0.2, 0) is 4.79 Å². The van der Waals surface area contributed by atoms with Gasteiger partial charge in [0.05, 0.1) is 0 Å². The third-order valence-corrected chi connectivity index (χ3v) is 3.82. The number of amides is 1. The molecule has 1 aromatic carbocycles. The fourth-order valence-corrected chi connectivity index (χ4v) is 2.72. The summed E-state index contributed by atoms with van der Waals surface area (Å²) in [5, 5.41) is 2.92. The summed E-state index contributed by atoms with van der Waals surface area (Å²) in [6.45, 7) is 0. The number of carbonyl (C=O) groups excluding carboxylic acids is 1. The summed E-state index contributed by atoms with van der Waals surface area (Å²) in [5.74, 6) is 3.42. The molecule has 1 N–H and O–H groups in total. The first-order chi connectivity index (χ1) is 9.28. The number of hydrogen-bond acceptors (Lipinski definition) is 1. The molecule has 1 aliphatic carbocycles. The van der Waals surface area contributed by atoms with Gasteiger partial charge in [0.1, 0.15) is 0 Å². The molecule has 2 nitrogen and oxygen atoms in total. The quantitative estimate of drug-likeness (QED) is 0.810. The zero-order valence-electron chi connectivity index (χ0n) is 11.3. The molecule has 1 aromatic rings. The van der Waals surface area contributed by atoms with Gasteiger partial charge in [0.2, 0.25) is 5.91 Å². The average Bonchev–Trinajstić information content (AvgIpc) is 2.46. The van der Waals surface area contributed by atoms with Gasteiger partial charge in [0.15, 0.2) is 0 Å². The zero-order valence-corrected chi connectivity index (χ0v) is 11.3. The van der Waals surface area contributed by atoms with Crippen LogP contribution in [0.5, 0.6) is 0 Å². The lowest BCUT2D eigenvalue weighted by Crippen LogP contribution is -2.14. The normalized spacial score (nSPS) is 15.7. The molecular formula is C17H21NO. The van der Waals surface area contributed by atoms with E-state index < -0.39 is 0 Å². The smallest absolute Gasteiger partial charge is 0.224 e. The first kappa shape index (κ1) is 13.7. The summed E-state index contributed by atoms with van der Waals surface area (Å²) in [5.41, 5.74) is 1.59. The summed E-state index contributed by atoms with van der Waals surface area (Å²) in [6.07, 6.45) is 13.6. The molecule has 0 bridgehead atoms. The van der Waals surface area contributed by atoms with Crippen LogP contribution in [0.15, 0.2) is 24.3 Å². The standard InChI is InChI=1S/C17H21NO/c1-2-14-9-6-10-16(13-14)18-17(19)12-11-15-7-4-3-5-8-15/h1,6,9-10,13,15H,3-5,7-8,11-12H2,(H,18,19). The number of rotatable bonds is 4. The van der Waals surface area contributed by atoms with Crippen LogP contribution < -0.4 is 5.32 Å². The Labute approximate surface area is 115 Å². The highest BCUT2D eigenvalue weighted by molar-refractivity contribution is 5.90. The first-order valence-electron chi connectivity index (χ1n) is 7.14. The average molecular weight is 255 g/mol. The topological polar surface area (TPSA) is 29.1 Å². The van der Waals surface area contributed by atoms with Crippen LogP contribution in [0.3, 0.4) is 0 Å². The van der Waals surface area contributed by atoms with Gasteiger partial charge in [-0.15, -0.1) is 6.42 Å². The Balaban J connectivity index is 1.78. The van der Waals surface area contributed by atoms with Crippen molar-refractivity contribution in [2.45, 2.75) is 44.9 Å². The van der Waals surface area contributed by atoms with E-state index in [1.54, 1.807) is 0 Å². The number of hydrogen-bond donors (Lipinski definition) is 1. The number of anilines is 1. The predicted molar refractivity (Wildman–Crippen MR) is 78.8 cm³/mol. The van der Waals surface area contributed by atoms with Crippen LogP contribution in [0.1, 0.15) is 50.5 Å². The van der Waals surface area contributed by atoms with Crippen LogP contribution in [-0.4, -0.2) is 5.91 Å². The van der Waals surface area contributed by atoms with Gasteiger partial charge in [-0.25, -0.2) is 0 Å². The zero-order chi connectivity index (χ0) is 13.5. The van der Waals surface area contributed by atoms with Crippen molar-refractivity contribution in [3.63, 3.8) is 0 Å². The molecule has 100 valence electrons. The largest absolute Gasteiger partial charge is 0.326 e. The van der Waals surface area contributed by atoms with E-state index in [0.29, 0.717) is 6.42 Å². The van der Waals surface area contributed by atoms with Crippen molar-refractivity contribution in [1.82, 2.24) is 0 Å². The van der Waals surface area contributed by atoms with Gasteiger partial charge in [-0.05, 0) is 30.5 Å². The summed E-state index contributed by atoms with van der Waals surface area (Å²) in [4.78, 5) is 11.9. The highest BCUT2D eigenvalue weighted by Crippen LogP contribution is 2.27. The van der Waals surface area contributed by atoms with E-state index in [1.165, 1.54) is 32.1 Å². The molecule has 1 saturated carbocycles. The molecule has 0 radical (unpaired) electrons. The van der Waals surface area contributed by atoms with E-state index in [9.17, 15) is 4.79 Å². The Hall–Kier alpha value is -1.75. The summed E-state index contributed by atoms with van der Waals surface area (Å²) >= 11 is 0. The third kappa shape index (κ3) is 4.44. The maximum absolute atomic E-state index is 11.9. The maximum atomic E-state index is 11.9. The van der Waals surface area contributed by atoms with E-state index >= 15 is 0 Å². The molecule has 19 heavy (non-hydrogen) atoms. The molecule has 0 aliphatic heterocycles. The second-order valence-electron chi connectivity index (χ2n) is 5.32. The van der Waals surface area contributed by atoms with E-state index in [1.807, 2.05) is 24.3 Å². The molecule has 0 aromatic heterocycles. The van der Waals surface area contributed by atoms with Crippen LogP contribution in [0.4, 0.5) is 5.69 Å². The molecule has 0 heterocycles. The van der Waals surface area contributed by atoms with Crippen molar-refractivity contribution in [2.24, 2.45) is 5.92 Å². The van der Waals surface area contributed by atoms with Gasteiger partial charge in [0, 0.05) is 17.7 Å². The SMILES string of the molecule is C#Cc1cccc(NC(=O)CCC2CCCCC2)c1. The van der Waals surface area contributed by atoms with Crippen molar-refractivity contribution in [3.8, 4) is 12.3 Å². The second-order valence-corrected chi connectivity index (χ2v) is 5.32. The Kier molecular flexibility index (Phi) is 5.03. The lowest BCUT2D eigenvalue weighted by molar-refractivity contribution is -0.116. The lowest BCUT2D eigenvalue weighted by atomic mass is 9.86. The van der Waals surface area contributed by atoms with E-state index in [2.05, 4.69) is 11.2 Å². The first-order valence-corrected chi connectivity index (χ1v) is 7.14. The molecule has 0 unspecified atom stereocenters. The maximum Gasteiger partial charge on any atom is 0.224 e. The van der Waals surface area contributed by atoms with Gasteiger partial charge in [-0.3, -0.25) is 4.79 Å². The molecule has 0 atom stereocenters. The van der Waals surface area contributed by atoms with Crippen molar-refractivity contribution >= 4 is 11.6 Å². The molecular weight excluding hydrogens is 234 g/mol. The monoisotopic (exact) mass is 255 g/mol. The van der Waals surface area contributed by atoms with Crippen molar-refractivity contribution in [3.05, 3.63) is 29.8 Å². The molecule has 2 rings (SSSR count). The Bertz CT molecular complexity index is 466. The number of nitrogens with one attached hydrogen (secondary N) is 1. The minimum absolute atomic E-state index is 0.0970.